The van der Waals surface area contributed by atoms with Crippen molar-refractivity contribution in [2.75, 3.05) is 0 Å². The number of nitrogens with one attached hydrogen (secondary N) is 1. The van der Waals surface area contributed by atoms with E-state index in [0.29, 0.717) is 12.6 Å². The molecule has 0 saturated carbocycles. The molecule has 60 valence electrons. The Morgan fingerprint density at radius 3 is 3.27 bits per heavy atom. The molecule has 0 aliphatic heterocycles. The van der Waals surface area contributed by atoms with Gasteiger partial charge in [-0.25, -0.2) is 4.98 Å². The standard InChI is InChI=1S/C8H12N2O/c1-3-7(2)10-5-8-4-9-6-11-8/h3-4,6-7,10H,1,5H2,2H3. The van der Waals surface area contributed by atoms with Crippen LogP contribution >= 0.6 is 0 Å². The molecule has 0 bridgehead atoms. The van der Waals surface area contributed by atoms with Crippen LogP contribution in [0.5, 0.6) is 0 Å². The van der Waals surface area contributed by atoms with Gasteiger partial charge in [0.05, 0.1) is 12.7 Å². The van der Waals surface area contributed by atoms with Gasteiger partial charge in [-0.1, -0.05) is 6.08 Å². The number of aromatic nitrogens is 1. The van der Waals surface area contributed by atoms with Crippen LogP contribution in [0.1, 0.15) is 12.7 Å². The molecule has 1 unspecified atom stereocenters. The molecule has 1 atom stereocenters. The maximum atomic E-state index is 5.02. The van der Waals surface area contributed by atoms with Crippen molar-refractivity contribution in [2.24, 2.45) is 0 Å². The minimum atomic E-state index is 0.306. The molecule has 1 heterocycles. The van der Waals surface area contributed by atoms with Gasteiger partial charge in [0.2, 0.25) is 0 Å². The van der Waals surface area contributed by atoms with E-state index < -0.39 is 0 Å². The van der Waals surface area contributed by atoms with Crippen molar-refractivity contribution >= 4 is 0 Å². The van der Waals surface area contributed by atoms with Crippen molar-refractivity contribution in [2.45, 2.75) is 19.5 Å². The molecule has 0 amide bonds. The van der Waals surface area contributed by atoms with Crippen LogP contribution in [-0.2, 0) is 6.54 Å². The zero-order valence-corrected chi connectivity index (χ0v) is 6.58. The molecule has 0 saturated heterocycles. The lowest BCUT2D eigenvalue weighted by atomic mass is 10.3. The average molecular weight is 152 g/mol. The molecule has 1 aromatic rings. The lowest BCUT2D eigenvalue weighted by Gasteiger charge is -2.05. The molecule has 1 aromatic heterocycles. The van der Waals surface area contributed by atoms with E-state index in [9.17, 15) is 0 Å². The first-order valence-electron chi connectivity index (χ1n) is 3.56. The summed E-state index contributed by atoms with van der Waals surface area (Å²) >= 11 is 0. The van der Waals surface area contributed by atoms with Gasteiger partial charge >= 0.3 is 0 Å². The van der Waals surface area contributed by atoms with E-state index in [1.165, 1.54) is 6.39 Å². The zero-order chi connectivity index (χ0) is 8.10. The van der Waals surface area contributed by atoms with Gasteiger partial charge in [-0.2, -0.15) is 0 Å². The summed E-state index contributed by atoms with van der Waals surface area (Å²) in [5.41, 5.74) is 0. The zero-order valence-electron chi connectivity index (χ0n) is 6.58. The highest BCUT2D eigenvalue weighted by Crippen LogP contribution is 1.95. The Morgan fingerprint density at radius 2 is 2.73 bits per heavy atom. The number of hydrogen-bond donors (Lipinski definition) is 1. The normalized spacial score (nSPS) is 12.8. The second kappa shape index (κ2) is 3.93. The fraction of sp³-hybridized carbons (Fsp3) is 0.375. The highest BCUT2D eigenvalue weighted by Gasteiger charge is 1.97. The molecule has 0 spiro atoms. The molecule has 3 nitrogen and oxygen atoms in total. The molecule has 0 aliphatic rings. The number of oxazole rings is 1. The van der Waals surface area contributed by atoms with E-state index in [1.54, 1.807) is 6.20 Å². The lowest BCUT2D eigenvalue weighted by Crippen LogP contribution is -2.22. The third-order valence-electron chi connectivity index (χ3n) is 1.44. The Balaban J connectivity index is 2.28. The maximum absolute atomic E-state index is 5.02. The lowest BCUT2D eigenvalue weighted by molar-refractivity contribution is 0.471. The van der Waals surface area contributed by atoms with E-state index in [0.717, 1.165) is 5.76 Å². The highest BCUT2D eigenvalue weighted by atomic mass is 16.3. The van der Waals surface area contributed by atoms with Gasteiger partial charge in [-0.15, -0.1) is 6.58 Å². The van der Waals surface area contributed by atoms with Crippen LogP contribution in [0, 0.1) is 0 Å². The summed E-state index contributed by atoms with van der Waals surface area (Å²) in [6.45, 7) is 6.38. The summed E-state index contributed by atoms with van der Waals surface area (Å²) in [7, 11) is 0. The third-order valence-corrected chi connectivity index (χ3v) is 1.44. The Morgan fingerprint density at radius 1 is 1.91 bits per heavy atom. The van der Waals surface area contributed by atoms with Crippen molar-refractivity contribution < 1.29 is 4.42 Å². The molecule has 0 aliphatic carbocycles. The quantitative estimate of drug-likeness (QED) is 0.661. The minimum absolute atomic E-state index is 0.306. The van der Waals surface area contributed by atoms with Crippen molar-refractivity contribution in [3.63, 3.8) is 0 Å². The van der Waals surface area contributed by atoms with E-state index in [-0.39, 0.29) is 0 Å². The Hall–Kier alpha value is -1.09. The Labute approximate surface area is 66.1 Å². The van der Waals surface area contributed by atoms with Gasteiger partial charge < -0.3 is 9.73 Å². The number of nitrogens with zero attached hydrogens (tertiary/aromatic N) is 1. The van der Waals surface area contributed by atoms with Crippen molar-refractivity contribution in [3.8, 4) is 0 Å². The molecular formula is C8H12N2O. The second-order valence-corrected chi connectivity index (χ2v) is 2.37. The van der Waals surface area contributed by atoms with Crippen LogP contribution in [0.25, 0.3) is 0 Å². The molecule has 1 N–H and O–H groups in total. The molecular weight excluding hydrogens is 140 g/mol. The summed E-state index contributed by atoms with van der Waals surface area (Å²) in [6, 6.07) is 0.306. The highest BCUT2D eigenvalue weighted by molar-refractivity contribution is 4.90. The van der Waals surface area contributed by atoms with Gasteiger partial charge in [0.1, 0.15) is 5.76 Å². The van der Waals surface area contributed by atoms with Gasteiger partial charge in [0, 0.05) is 6.04 Å². The molecule has 11 heavy (non-hydrogen) atoms. The average Bonchev–Trinajstić information content (AvgIpc) is 2.52. The third kappa shape index (κ3) is 2.55. The topological polar surface area (TPSA) is 38.1 Å². The fourth-order valence-electron chi connectivity index (χ4n) is 0.674. The SMILES string of the molecule is C=CC(C)NCc1cnco1. The number of hydrogen-bond acceptors (Lipinski definition) is 3. The van der Waals surface area contributed by atoms with Crippen LogP contribution in [0.3, 0.4) is 0 Å². The van der Waals surface area contributed by atoms with Gasteiger partial charge in [-0.05, 0) is 6.92 Å². The smallest absolute Gasteiger partial charge is 0.180 e. The van der Waals surface area contributed by atoms with Crippen LogP contribution in [0.2, 0.25) is 0 Å². The van der Waals surface area contributed by atoms with Gasteiger partial charge in [0.25, 0.3) is 0 Å². The van der Waals surface area contributed by atoms with Crippen molar-refractivity contribution in [3.05, 3.63) is 31.0 Å². The molecule has 0 aromatic carbocycles. The molecule has 0 fully saturated rings. The van der Waals surface area contributed by atoms with E-state index >= 15 is 0 Å². The van der Waals surface area contributed by atoms with E-state index in [1.807, 2.05) is 13.0 Å². The van der Waals surface area contributed by atoms with Gasteiger partial charge in [0.15, 0.2) is 6.39 Å². The monoisotopic (exact) mass is 152 g/mol. The van der Waals surface area contributed by atoms with Crippen LogP contribution in [0.15, 0.2) is 29.7 Å². The summed E-state index contributed by atoms with van der Waals surface area (Å²) in [4.78, 5) is 3.79. The predicted molar refractivity (Wildman–Crippen MR) is 43.0 cm³/mol. The van der Waals surface area contributed by atoms with Crippen LogP contribution < -0.4 is 5.32 Å². The predicted octanol–water partition coefficient (Wildman–Crippen LogP) is 1.34. The van der Waals surface area contributed by atoms with E-state index in [2.05, 4.69) is 16.9 Å². The summed E-state index contributed by atoms with van der Waals surface area (Å²) in [6.07, 6.45) is 4.97. The minimum Gasteiger partial charge on any atom is -0.447 e. The fourth-order valence-corrected chi connectivity index (χ4v) is 0.674. The van der Waals surface area contributed by atoms with Gasteiger partial charge in [-0.3, -0.25) is 0 Å². The van der Waals surface area contributed by atoms with Crippen LogP contribution in [0.4, 0.5) is 0 Å². The maximum Gasteiger partial charge on any atom is 0.180 e. The van der Waals surface area contributed by atoms with Crippen molar-refractivity contribution in [1.29, 1.82) is 0 Å². The number of rotatable bonds is 4. The molecule has 1 rings (SSSR count). The first kappa shape index (κ1) is 8.01. The second-order valence-electron chi connectivity index (χ2n) is 2.37. The largest absolute Gasteiger partial charge is 0.447 e. The van der Waals surface area contributed by atoms with Crippen molar-refractivity contribution in [1.82, 2.24) is 10.3 Å². The molecule has 0 radical (unpaired) electrons. The summed E-state index contributed by atoms with van der Waals surface area (Å²) in [5.74, 6) is 0.846. The Bertz CT molecular complexity index is 206. The molecule has 3 heteroatoms. The first-order valence-corrected chi connectivity index (χ1v) is 3.56. The Kier molecular flexibility index (Phi) is 2.86. The first-order chi connectivity index (χ1) is 5.33. The summed E-state index contributed by atoms with van der Waals surface area (Å²) in [5, 5.41) is 3.18. The van der Waals surface area contributed by atoms with E-state index in [4.69, 9.17) is 4.42 Å². The summed E-state index contributed by atoms with van der Waals surface area (Å²) < 4.78 is 5.02. The van der Waals surface area contributed by atoms with Crippen LogP contribution in [-0.4, -0.2) is 11.0 Å².